The van der Waals surface area contributed by atoms with Gasteiger partial charge in [0.15, 0.2) is 9.84 Å². The van der Waals surface area contributed by atoms with E-state index in [0.29, 0.717) is 34.7 Å². The number of nitrogens with zero attached hydrogens (tertiary/aromatic N) is 2. The summed E-state index contributed by atoms with van der Waals surface area (Å²) in [6.07, 6.45) is 0.474. The van der Waals surface area contributed by atoms with E-state index in [1.54, 1.807) is 66.2 Å². The Morgan fingerprint density at radius 1 is 0.968 bits per heavy atom. The van der Waals surface area contributed by atoms with Gasteiger partial charge < -0.3 is 10.6 Å². The van der Waals surface area contributed by atoms with E-state index in [9.17, 15) is 18.0 Å². The first kappa shape index (κ1) is 20.8. The first-order valence-corrected chi connectivity index (χ1v) is 11.7. The summed E-state index contributed by atoms with van der Waals surface area (Å²) in [5.41, 5.74) is 2.21. The van der Waals surface area contributed by atoms with Gasteiger partial charge in [0.1, 0.15) is 5.82 Å². The van der Waals surface area contributed by atoms with Gasteiger partial charge in [-0.2, -0.15) is 5.10 Å². The topological polar surface area (TPSA) is 110 Å². The Morgan fingerprint density at radius 2 is 1.61 bits per heavy atom. The van der Waals surface area contributed by atoms with Gasteiger partial charge >= 0.3 is 0 Å². The van der Waals surface area contributed by atoms with Crippen molar-refractivity contribution in [2.45, 2.75) is 19.4 Å². The van der Waals surface area contributed by atoms with Crippen molar-refractivity contribution in [3.63, 3.8) is 0 Å². The molecule has 1 fully saturated rings. The molecular weight excluding hydrogens is 416 g/mol. The monoisotopic (exact) mass is 438 g/mol. The molecule has 8 nitrogen and oxygen atoms in total. The SMILES string of the molecule is Cc1cc(NC(=O)c2ccc(NC(=O)c3ccccc3)cc2)n(C2CCS(=O)(=O)C2)n1. The Labute approximate surface area is 180 Å². The van der Waals surface area contributed by atoms with Crippen LogP contribution in [-0.2, 0) is 9.84 Å². The van der Waals surface area contributed by atoms with Gasteiger partial charge in [0.2, 0.25) is 0 Å². The maximum Gasteiger partial charge on any atom is 0.256 e. The quantitative estimate of drug-likeness (QED) is 0.636. The van der Waals surface area contributed by atoms with Crippen LogP contribution in [0.5, 0.6) is 0 Å². The third-order valence-corrected chi connectivity index (χ3v) is 6.85. The maximum absolute atomic E-state index is 12.7. The fraction of sp³-hybridized carbons (Fsp3) is 0.227. The molecule has 1 aliphatic heterocycles. The lowest BCUT2D eigenvalue weighted by molar-refractivity contribution is 0.101. The minimum Gasteiger partial charge on any atom is -0.322 e. The first-order chi connectivity index (χ1) is 14.8. The third kappa shape index (κ3) is 4.83. The van der Waals surface area contributed by atoms with Crippen LogP contribution in [0.1, 0.15) is 38.9 Å². The third-order valence-electron chi connectivity index (χ3n) is 5.09. The number of amides is 2. The largest absolute Gasteiger partial charge is 0.322 e. The minimum absolute atomic E-state index is 0.0206. The van der Waals surface area contributed by atoms with Crippen molar-refractivity contribution in [1.82, 2.24) is 9.78 Å². The lowest BCUT2D eigenvalue weighted by atomic mass is 10.1. The standard InChI is InChI=1S/C22H22N4O4S/c1-15-13-20(26(25-15)19-11-12-31(29,30)14-19)24-22(28)17-7-9-18(10-8-17)23-21(27)16-5-3-2-4-6-16/h2-10,13,19H,11-12,14H2,1H3,(H,23,27)(H,24,28). The predicted molar refractivity (Wildman–Crippen MR) is 118 cm³/mol. The Morgan fingerprint density at radius 3 is 2.26 bits per heavy atom. The molecule has 160 valence electrons. The van der Waals surface area contributed by atoms with E-state index in [1.807, 2.05) is 6.07 Å². The highest BCUT2D eigenvalue weighted by atomic mass is 32.2. The fourth-order valence-electron chi connectivity index (χ4n) is 3.54. The van der Waals surface area contributed by atoms with E-state index in [1.165, 1.54) is 0 Å². The van der Waals surface area contributed by atoms with Crippen LogP contribution in [0.3, 0.4) is 0 Å². The summed E-state index contributed by atoms with van der Waals surface area (Å²) in [6.45, 7) is 1.79. The average molecular weight is 439 g/mol. The predicted octanol–water partition coefficient (Wildman–Crippen LogP) is 3.06. The van der Waals surface area contributed by atoms with Crippen molar-refractivity contribution in [1.29, 1.82) is 0 Å². The molecule has 0 saturated carbocycles. The Hall–Kier alpha value is -3.46. The number of benzene rings is 2. The molecule has 9 heteroatoms. The van der Waals surface area contributed by atoms with Gasteiger partial charge in [-0.15, -0.1) is 0 Å². The highest BCUT2D eigenvalue weighted by Crippen LogP contribution is 2.27. The van der Waals surface area contributed by atoms with Crippen molar-refractivity contribution in [3.8, 4) is 0 Å². The van der Waals surface area contributed by atoms with Gasteiger partial charge in [0.05, 0.1) is 23.2 Å². The van der Waals surface area contributed by atoms with E-state index in [2.05, 4.69) is 15.7 Å². The number of nitrogens with one attached hydrogen (secondary N) is 2. The molecule has 1 aliphatic rings. The van der Waals surface area contributed by atoms with E-state index < -0.39 is 9.84 Å². The highest BCUT2D eigenvalue weighted by Gasteiger charge is 2.31. The second-order valence-corrected chi connectivity index (χ2v) is 9.75. The smallest absolute Gasteiger partial charge is 0.256 e. The number of sulfone groups is 1. The van der Waals surface area contributed by atoms with Gasteiger partial charge in [-0.1, -0.05) is 18.2 Å². The molecule has 2 heterocycles. The van der Waals surface area contributed by atoms with Gasteiger partial charge in [0.25, 0.3) is 11.8 Å². The number of aromatic nitrogens is 2. The second-order valence-electron chi connectivity index (χ2n) is 7.52. The molecule has 2 aromatic carbocycles. The van der Waals surface area contributed by atoms with E-state index in [0.717, 1.165) is 0 Å². The molecule has 1 saturated heterocycles. The molecule has 0 spiro atoms. The van der Waals surface area contributed by atoms with Gasteiger partial charge in [0, 0.05) is 22.9 Å². The summed E-state index contributed by atoms with van der Waals surface area (Å²) in [7, 11) is -3.07. The van der Waals surface area contributed by atoms with Crippen LogP contribution in [0.25, 0.3) is 0 Å². The zero-order chi connectivity index (χ0) is 22.0. The number of hydrogen-bond donors (Lipinski definition) is 2. The molecule has 4 rings (SSSR count). The molecule has 1 unspecified atom stereocenters. The molecule has 1 aromatic heterocycles. The van der Waals surface area contributed by atoms with Crippen molar-refractivity contribution < 1.29 is 18.0 Å². The molecule has 0 radical (unpaired) electrons. The van der Waals surface area contributed by atoms with Crippen LogP contribution in [0, 0.1) is 6.92 Å². The molecule has 31 heavy (non-hydrogen) atoms. The Balaban J connectivity index is 1.44. The van der Waals surface area contributed by atoms with Gasteiger partial charge in [-0.3, -0.25) is 9.59 Å². The molecule has 0 bridgehead atoms. The number of rotatable bonds is 5. The molecule has 3 aromatic rings. The zero-order valence-corrected chi connectivity index (χ0v) is 17.7. The Bertz CT molecular complexity index is 1220. The van der Waals surface area contributed by atoms with Crippen molar-refractivity contribution in [2.75, 3.05) is 22.1 Å². The van der Waals surface area contributed by atoms with Crippen LogP contribution in [0.4, 0.5) is 11.5 Å². The first-order valence-electron chi connectivity index (χ1n) is 9.85. The summed E-state index contributed by atoms with van der Waals surface area (Å²) < 4.78 is 25.2. The summed E-state index contributed by atoms with van der Waals surface area (Å²) >= 11 is 0. The van der Waals surface area contributed by atoms with Gasteiger partial charge in [-0.05, 0) is 49.7 Å². The highest BCUT2D eigenvalue weighted by molar-refractivity contribution is 7.91. The van der Waals surface area contributed by atoms with Gasteiger partial charge in [-0.25, -0.2) is 13.1 Å². The van der Waals surface area contributed by atoms with Crippen molar-refractivity contribution >= 4 is 33.2 Å². The van der Waals surface area contributed by atoms with Crippen LogP contribution in [-0.4, -0.2) is 41.5 Å². The molecule has 2 N–H and O–H groups in total. The molecule has 1 atom stereocenters. The molecule has 0 aliphatic carbocycles. The Kier molecular flexibility index (Phi) is 5.60. The minimum atomic E-state index is -3.07. The van der Waals surface area contributed by atoms with Crippen LogP contribution in [0.2, 0.25) is 0 Å². The van der Waals surface area contributed by atoms with Crippen LogP contribution in [0.15, 0.2) is 60.7 Å². The lowest BCUT2D eigenvalue weighted by Gasteiger charge is -2.14. The molecule has 2 amide bonds. The normalized spacial score (nSPS) is 17.3. The number of aryl methyl sites for hydroxylation is 1. The van der Waals surface area contributed by atoms with Crippen LogP contribution >= 0.6 is 0 Å². The number of anilines is 2. The van der Waals surface area contributed by atoms with E-state index >= 15 is 0 Å². The number of carbonyl (C=O) groups excluding carboxylic acids is 2. The second kappa shape index (κ2) is 8.35. The van der Waals surface area contributed by atoms with Crippen LogP contribution < -0.4 is 10.6 Å². The summed E-state index contributed by atoms with van der Waals surface area (Å²) in [5, 5.41) is 9.98. The molecular formula is C22H22N4O4S. The summed E-state index contributed by atoms with van der Waals surface area (Å²) in [4.78, 5) is 25.0. The maximum atomic E-state index is 12.7. The van der Waals surface area contributed by atoms with E-state index in [4.69, 9.17) is 0 Å². The number of carbonyl (C=O) groups is 2. The fourth-order valence-corrected chi connectivity index (χ4v) is 5.23. The van der Waals surface area contributed by atoms with Crippen molar-refractivity contribution in [2.24, 2.45) is 0 Å². The lowest BCUT2D eigenvalue weighted by Crippen LogP contribution is -2.19. The average Bonchev–Trinajstić information content (AvgIpc) is 3.30. The van der Waals surface area contributed by atoms with E-state index in [-0.39, 0.29) is 29.4 Å². The zero-order valence-electron chi connectivity index (χ0n) is 16.9. The number of hydrogen-bond acceptors (Lipinski definition) is 5. The summed E-state index contributed by atoms with van der Waals surface area (Å²) in [6, 6.07) is 16.8. The summed E-state index contributed by atoms with van der Waals surface area (Å²) in [5.74, 6) is 0.0325. The van der Waals surface area contributed by atoms with Crippen molar-refractivity contribution in [3.05, 3.63) is 77.5 Å².